The van der Waals surface area contributed by atoms with Crippen molar-refractivity contribution in [2.75, 3.05) is 49.5 Å². The van der Waals surface area contributed by atoms with Gasteiger partial charge in [0.1, 0.15) is 11.7 Å². The van der Waals surface area contributed by atoms with E-state index in [-0.39, 0.29) is 24.2 Å². The predicted octanol–water partition coefficient (Wildman–Crippen LogP) is 5.08. The molecule has 3 fully saturated rings. The van der Waals surface area contributed by atoms with Crippen LogP contribution < -0.4 is 15.5 Å². The lowest BCUT2D eigenvalue weighted by atomic mass is 9.92. The summed E-state index contributed by atoms with van der Waals surface area (Å²) >= 11 is 1.56. The summed E-state index contributed by atoms with van der Waals surface area (Å²) < 4.78 is 7.29. The third kappa shape index (κ3) is 6.89. The maximum Gasteiger partial charge on any atom is 0.410 e. The van der Waals surface area contributed by atoms with E-state index in [4.69, 9.17) is 9.72 Å². The van der Waals surface area contributed by atoms with Crippen molar-refractivity contribution in [3.05, 3.63) is 42.2 Å². The highest BCUT2D eigenvalue weighted by atomic mass is 32.1. The topological polar surface area (TPSA) is 157 Å². The van der Waals surface area contributed by atoms with E-state index >= 15 is 0 Å². The molecule has 0 aromatic carbocycles. The summed E-state index contributed by atoms with van der Waals surface area (Å²) in [4.78, 5) is 36.4. The summed E-state index contributed by atoms with van der Waals surface area (Å²) in [5.74, 6) is 0.642. The molecular formula is C35H43N11O3S. The van der Waals surface area contributed by atoms with Gasteiger partial charge < -0.3 is 30.1 Å². The van der Waals surface area contributed by atoms with Crippen LogP contribution in [-0.4, -0.2) is 104 Å². The van der Waals surface area contributed by atoms with Crippen molar-refractivity contribution in [2.24, 2.45) is 11.8 Å². The number of piperazine rings is 1. The van der Waals surface area contributed by atoms with Crippen molar-refractivity contribution < 1.29 is 14.3 Å². The Bertz CT molecular complexity index is 1920. The fraction of sp³-hybridized carbons (Fsp3) is 0.514. The van der Waals surface area contributed by atoms with Gasteiger partial charge in [-0.3, -0.25) is 4.98 Å². The van der Waals surface area contributed by atoms with Gasteiger partial charge in [0.05, 0.1) is 34.2 Å². The quantitative estimate of drug-likeness (QED) is 0.278. The first-order valence-electron chi connectivity index (χ1n) is 17.2. The molecule has 50 heavy (non-hydrogen) atoms. The summed E-state index contributed by atoms with van der Waals surface area (Å²) in [7, 11) is 0. The molecule has 0 spiro atoms. The number of rotatable bonds is 6. The number of fused-ring (bicyclic) bond motifs is 3. The summed E-state index contributed by atoms with van der Waals surface area (Å²) in [5, 5.41) is 31.5. The average Bonchev–Trinajstić information content (AvgIpc) is 3.79. The van der Waals surface area contributed by atoms with Crippen molar-refractivity contribution in [1.82, 2.24) is 39.9 Å². The van der Waals surface area contributed by atoms with Crippen LogP contribution in [0.1, 0.15) is 53.0 Å². The van der Waals surface area contributed by atoms with Crippen molar-refractivity contribution in [2.45, 2.75) is 65.1 Å². The van der Waals surface area contributed by atoms with Crippen LogP contribution in [0.2, 0.25) is 0 Å². The van der Waals surface area contributed by atoms with Gasteiger partial charge in [0.25, 0.3) is 0 Å². The molecular weight excluding hydrogens is 655 g/mol. The van der Waals surface area contributed by atoms with Crippen LogP contribution in [0.4, 0.5) is 20.4 Å². The van der Waals surface area contributed by atoms with Gasteiger partial charge >= 0.3 is 12.1 Å². The Kier molecular flexibility index (Phi) is 8.98. The maximum atomic E-state index is 13.3. The minimum absolute atomic E-state index is 0.0561. The Balaban J connectivity index is 1.01. The Morgan fingerprint density at radius 3 is 2.42 bits per heavy atom. The minimum atomic E-state index is -0.545. The highest BCUT2D eigenvalue weighted by Gasteiger charge is 2.44. The number of nitrogens with zero attached hydrogens (tertiary/aromatic N) is 9. The number of pyridine rings is 1. The van der Waals surface area contributed by atoms with Crippen molar-refractivity contribution >= 4 is 39.8 Å². The van der Waals surface area contributed by atoms with E-state index in [2.05, 4.69) is 50.7 Å². The lowest BCUT2D eigenvalue weighted by Crippen LogP contribution is -2.58. The molecule has 1 aliphatic carbocycles. The molecule has 3 amide bonds. The van der Waals surface area contributed by atoms with Crippen LogP contribution >= 0.6 is 11.3 Å². The number of urea groups is 1. The number of aromatic nitrogens is 5. The number of ether oxygens (including phenoxy) is 1. The second kappa shape index (κ2) is 13.4. The Hall–Kier alpha value is -4.97. The predicted molar refractivity (Wildman–Crippen MR) is 191 cm³/mol. The van der Waals surface area contributed by atoms with Crippen LogP contribution in [0.25, 0.3) is 27.5 Å². The molecule has 3 aliphatic rings. The monoisotopic (exact) mass is 697 g/mol. The van der Waals surface area contributed by atoms with E-state index < -0.39 is 5.60 Å². The molecule has 2 aliphatic heterocycles. The number of hydrogen-bond acceptors (Lipinski definition) is 11. The SMILES string of the molecule is CC(C)Nc1cc(-c2ccc3cc(C#N)cnn23)ncc1-c1nnc(N2C[C@H]3CC[C@@H](C2)[C@H]3NC(=O)N2CCN(C(=O)OC(C)(C)C)CC2)s1. The molecule has 7 rings (SSSR count). The Labute approximate surface area is 295 Å². The molecule has 4 aromatic rings. The van der Waals surface area contributed by atoms with E-state index in [0.717, 1.165) is 64.2 Å². The summed E-state index contributed by atoms with van der Waals surface area (Å²) in [5.41, 5.74) is 4.16. The van der Waals surface area contributed by atoms with Gasteiger partial charge in [-0.15, -0.1) is 10.2 Å². The summed E-state index contributed by atoms with van der Waals surface area (Å²) in [6, 6.07) is 10.1. The first kappa shape index (κ1) is 33.5. The summed E-state index contributed by atoms with van der Waals surface area (Å²) in [6.45, 7) is 13.3. The van der Waals surface area contributed by atoms with Gasteiger partial charge in [-0.2, -0.15) is 10.4 Å². The average molecular weight is 698 g/mol. The van der Waals surface area contributed by atoms with E-state index in [9.17, 15) is 14.9 Å². The first-order chi connectivity index (χ1) is 24.0. The molecule has 15 heteroatoms. The maximum absolute atomic E-state index is 13.3. The zero-order valence-corrected chi connectivity index (χ0v) is 29.9. The second-order valence-corrected chi connectivity index (χ2v) is 15.6. The molecule has 2 N–H and O–H groups in total. The number of amides is 3. The molecule has 2 bridgehead atoms. The van der Waals surface area contributed by atoms with Crippen LogP contribution in [0, 0.1) is 23.2 Å². The number of hydrogen-bond donors (Lipinski definition) is 2. The highest BCUT2D eigenvalue weighted by Crippen LogP contribution is 2.41. The fourth-order valence-electron chi connectivity index (χ4n) is 7.17. The zero-order valence-electron chi connectivity index (χ0n) is 29.1. The van der Waals surface area contributed by atoms with Crippen molar-refractivity contribution in [3.63, 3.8) is 0 Å². The molecule has 0 radical (unpaired) electrons. The smallest absolute Gasteiger partial charge is 0.410 e. The fourth-order valence-corrected chi connectivity index (χ4v) is 8.06. The van der Waals surface area contributed by atoms with Crippen molar-refractivity contribution in [3.8, 4) is 28.0 Å². The number of carbonyl (C=O) groups excluding carboxylic acids is 2. The van der Waals surface area contributed by atoms with Gasteiger partial charge in [0.15, 0.2) is 5.01 Å². The second-order valence-electron chi connectivity index (χ2n) is 14.6. The number of carbonyl (C=O) groups is 2. The first-order valence-corrected chi connectivity index (χ1v) is 18.0. The van der Waals surface area contributed by atoms with E-state index in [1.165, 1.54) is 0 Å². The highest BCUT2D eigenvalue weighted by molar-refractivity contribution is 7.18. The number of anilines is 2. The normalized spacial score (nSPS) is 20.7. The van der Waals surface area contributed by atoms with Gasteiger partial charge in [0, 0.05) is 63.2 Å². The zero-order chi connectivity index (χ0) is 35.2. The Morgan fingerprint density at radius 1 is 1.02 bits per heavy atom. The van der Waals surface area contributed by atoms with Gasteiger partial charge in [-0.05, 0) is 83.6 Å². The lowest BCUT2D eigenvalue weighted by Gasteiger charge is -2.40. The van der Waals surface area contributed by atoms with Gasteiger partial charge in [-0.25, -0.2) is 14.1 Å². The Morgan fingerprint density at radius 2 is 1.74 bits per heavy atom. The molecule has 6 heterocycles. The molecule has 3 atom stereocenters. The van der Waals surface area contributed by atoms with Crippen LogP contribution in [0.3, 0.4) is 0 Å². The van der Waals surface area contributed by atoms with Crippen LogP contribution in [0.15, 0.2) is 36.7 Å². The standard InChI is InChI=1S/C35H43N11O3S/c1-21(2)39-27-15-28(29-9-8-25-14-22(16-36)17-38-46(25)29)37-18-26(27)31-41-42-33(50-31)45-19-23-6-7-24(20-45)30(23)40-32(47)43-10-12-44(13-11-43)34(48)49-35(3,4)5/h8-9,14-15,17-18,21,23-24,30H,6-7,10-13,19-20H2,1-5H3,(H,37,39)(H,40,47)/t23-,24+,30+. The molecule has 262 valence electrons. The number of piperidine rings is 1. The third-order valence-corrected chi connectivity index (χ3v) is 10.5. The van der Waals surface area contributed by atoms with E-state index in [1.54, 1.807) is 33.0 Å². The molecule has 14 nitrogen and oxygen atoms in total. The minimum Gasteiger partial charge on any atom is -0.444 e. The van der Waals surface area contributed by atoms with Crippen molar-refractivity contribution in [1.29, 1.82) is 5.26 Å². The molecule has 1 saturated carbocycles. The number of nitriles is 1. The van der Waals surface area contributed by atoms with E-state index in [1.807, 2.05) is 50.1 Å². The largest absolute Gasteiger partial charge is 0.444 e. The van der Waals surface area contributed by atoms with Gasteiger partial charge in [0.2, 0.25) is 5.13 Å². The summed E-state index contributed by atoms with van der Waals surface area (Å²) in [6.07, 6.45) is 5.18. The number of nitrogens with one attached hydrogen (secondary N) is 2. The molecule has 0 unspecified atom stereocenters. The molecule has 4 aromatic heterocycles. The van der Waals surface area contributed by atoms with Crippen LogP contribution in [0.5, 0.6) is 0 Å². The van der Waals surface area contributed by atoms with Crippen LogP contribution in [-0.2, 0) is 4.74 Å². The third-order valence-electron chi connectivity index (χ3n) is 9.50. The molecule has 2 saturated heterocycles. The van der Waals surface area contributed by atoms with Gasteiger partial charge in [-0.1, -0.05) is 11.3 Å². The lowest BCUT2D eigenvalue weighted by molar-refractivity contribution is 0.0168. The van der Waals surface area contributed by atoms with E-state index in [0.29, 0.717) is 43.6 Å².